The van der Waals surface area contributed by atoms with Gasteiger partial charge >= 0.3 is 0 Å². The van der Waals surface area contributed by atoms with Crippen molar-refractivity contribution in [1.29, 1.82) is 0 Å². The van der Waals surface area contributed by atoms with Gasteiger partial charge in [-0.25, -0.2) is 21.9 Å². The lowest BCUT2D eigenvalue weighted by atomic mass is 9.90. The van der Waals surface area contributed by atoms with Crippen molar-refractivity contribution in [3.05, 3.63) is 28.2 Å². The Labute approximate surface area is 132 Å². The van der Waals surface area contributed by atoms with Crippen LogP contribution in [-0.2, 0) is 14.8 Å². The Kier molecular flexibility index (Phi) is 6.27. The Hall–Kier alpha value is -0.570. The molecule has 0 saturated heterocycles. The highest BCUT2D eigenvalue weighted by molar-refractivity contribution is 9.10. The molecule has 0 atom stereocenters. The second-order valence-electron chi connectivity index (χ2n) is 5.43. The van der Waals surface area contributed by atoms with E-state index in [1.165, 1.54) is 0 Å². The molecule has 0 amide bonds. The molecule has 1 rings (SSSR count). The molecule has 0 aliphatic carbocycles. The molecule has 0 aliphatic heterocycles. The topological polar surface area (TPSA) is 55.4 Å². The van der Waals surface area contributed by atoms with Crippen LogP contribution in [0, 0.1) is 17.0 Å². The summed E-state index contributed by atoms with van der Waals surface area (Å²) in [6, 6.07) is 1.45. The van der Waals surface area contributed by atoms with E-state index >= 15 is 0 Å². The van der Waals surface area contributed by atoms with Crippen molar-refractivity contribution in [3.8, 4) is 0 Å². The minimum Gasteiger partial charge on any atom is -0.385 e. The first kappa shape index (κ1) is 18.5. The quantitative estimate of drug-likeness (QED) is 0.784. The van der Waals surface area contributed by atoms with Gasteiger partial charge in [0.15, 0.2) is 0 Å². The fraction of sp³-hybridized carbons (Fsp3) is 0.538. The summed E-state index contributed by atoms with van der Waals surface area (Å²) in [6.45, 7) is 4.33. The average molecular weight is 386 g/mol. The van der Waals surface area contributed by atoms with Crippen LogP contribution in [0.15, 0.2) is 21.5 Å². The zero-order valence-electron chi connectivity index (χ0n) is 12.0. The zero-order valence-corrected chi connectivity index (χ0v) is 14.4. The van der Waals surface area contributed by atoms with E-state index in [4.69, 9.17) is 4.74 Å². The van der Waals surface area contributed by atoms with Gasteiger partial charge in [0.25, 0.3) is 0 Å². The molecule has 0 saturated carbocycles. The number of halogens is 3. The van der Waals surface area contributed by atoms with Gasteiger partial charge in [-0.2, -0.15) is 0 Å². The van der Waals surface area contributed by atoms with E-state index in [9.17, 15) is 17.2 Å². The Morgan fingerprint density at radius 2 is 1.95 bits per heavy atom. The summed E-state index contributed by atoms with van der Waals surface area (Å²) in [5.74, 6) is -1.98. The zero-order chi connectivity index (χ0) is 16.3. The number of ether oxygens (including phenoxy) is 1. The molecule has 21 heavy (non-hydrogen) atoms. The largest absolute Gasteiger partial charge is 0.385 e. The summed E-state index contributed by atoms with van der Waals surface area (Å²) in [5, 5.41) is 0. The van der Waals surface area contributed by atoms with Crippen LogP contribution in [0.2, 0.25) is 0 Å². The Bertz CT molecular complexity index is 582. The van der Waals surface area contributed by atoms with E-state index in [1.807, 2.05) is 13.8 Å². The molecule has 8 heteroatoms. The number of methoxy groups -OCH3 is 1. The van der Waals surface area contributed by atoms with Gasteiger partial charge in [0.2, 0.25) is 10.0 Å². The van der Waals surface area contributed by atoms with E-state index in [-0.39, 0.29) is 16.4 Å². The number of rotatable bonds is 7. The van der Waals surface area contributed by atoms with Crippen molar-refractivity contribution in [2.45, 2.75) is 25.2 Å². The molecule has 0 bridgehead atoms. The second-order valence-corrected chi connectivity index (χ2v) is 7.99. The van der Waals surface area contributed by atoms with Crippen LogP contribution < -0.4 is 4.72 Å². The predicted octanol–water partition coefficient (Wildman–Crippen LogP) is 3.07. The van der Waals surface area contributed by atoms with E-state index < -0.39 is 26.6 Å². The summed E-state index contributed by atoms with van der Waals surface area (Å²) < 4.78 is 58.2. The highest BCUT2D eigenvalue weighted by Crippen LogP contribution is 2.27. The molecular weight excluding hydrogens is 368 g/mol. The Morgan fingerprint density at radius 3 is 2.48 bits per heavy atom. The van der Waals surface area contributed by atoms with E-state index in [0.717, 1.165) is 6.07 Å². The number of hydrogen-bond donors (Lipinski definition) is 1. The molecule has 0 aromatic heterocycles. The molecule has 1 N–H and O–H groups in total. The van der Waals surface area contributed by atoms with Crippen molar-refractivity contribution in [2.75, 3.05) is 20.3 Å². The van der Waals surface area contributed by atoms with Crippen LogP contribution in [0.25, 0.3) is 0 Å². The molecular formula is C13H18BrF2NO3S. The maximum Gasteiger partial charge on any atom is 0.244 e. The highest BCUT2D eigenvalue weighted by atomic mass is 79.9. The third-order valence-electron chi connectivity index (χ3n) is 2.96. The summed E-state index contributed by atoms with van der Waals surface area (Å²) >= 11 is 2.88. The number of hydrogen-bond acceptors (Lipinski definition) is 3. The summed E-state index contributed by atoms with van der Waals surface area (Å²) in [5.41, 5.74) is -0.355. The monoisotopic (exact) mass is 385 g/mol. The fourth-order valence-electron chi connectivity index (χ4n) is 1.61. The summed E-state index contributed by atoms with van der Waals surface area (Å²) in [7, 11) is -2.52. The smallest absolute Gasteiger partial charge is 0.244 e. The lowest BCUT2D eigenvalue weighted by Crippen LogP contribution is -2.35. The fourth-order valence-corrected chi connectivity index (χ4v) is 4.02. The summed E-state index contributed by atoms with van der Waals surface area (Å²) in [4.78, 5) is -0.591. The average Bonchev–Trinajstić information content (AvgIpc) is 2.33. The van der Waals surface area contributed by atoms with Crippen LogP contribution >= 0.6 is 15.9 Å². The lowest BCUT2D eigenvalue weighted by Gasteiger charge is -2.24. The predicted molar refractivity (Wildman–Crippen MR) is 79.5 cm³/mol. The van der Waals surface area contributed by atoms with E-state index in [0.29, 0.717) is 19.1 Å². The first-order chi connectivity index (χ1) is 9.59. The normalized spacial score (nSPS) is 12.7. The molecule has 0 aliphatic rings. The Balaban J connectivity index is 2.93. The third kappa shape index (κ3) is 5.28. The maximum atomic E-state index is 13.7. The molecule has 0 radical (unpaired) electrons. The highest BCUT2D eigenvalue weighted by Gasteiger charge is 2.26. The van der Waals surface area contributed by atoms with E-state index in [2.05, 4.69) is 20.7 Å². The van der Waals surface area contributed by atoms with Crippen molar-refractivity contribution in [2.24, 2.45) is 5.41 Å². The van der Waals surface area contributed by atoms with Gasteiger partial charge in [-0.05, 0) is 33.8 Å². The van der Waals surface area contributed by atoms with Gasteiger partial charge in [-0.3, -0.25) is 0 Å². The number of sulfonamides is 1. The van der Waals surface area contributed by atoms with E-state index in [1.54, 1.807) is 7.11 Å². The van der Waals surface area contributed by atoms with Crippen LogP contribution in [-0.4, -0.2) is 28.7 Å². The van der Waals surface area contributed by atoms with Crippen LogP contribution in [0.1, 0.15) is 20.3 Å². The van der Waals surface area contributed by atoms with Gasteiger partial charge in [0.1, 0.15) is 16.5 Å². The minimum absolute atomic E-state index is 0.113. The van der Waals surface area contributed by atoms with Gasteiger partial charge in [-0.1, -0.05) is 13.8 Å². The van der Waals surface area contributed by atoms with Crippen molar-refractivity contribution >= 4 is 26.0 Å². The molecule has 0 unspecified atom stereocenters. The summed E-state index contributed by atoms with van der Waals surface area (Å²) in [6.07, 6.45) is 0.638. The first-order valence-corrected chi connectivity index (χ1v) is 8.50. The van der Waals surface area contributed by atoms with Crippen molar-refractivity contribution < 1.29 is 21.9 Å². The maximum absolute atomic E-state index is 13.7. The lowest BCUT2D eigenvalue weighted by molar-refractivity contribution is 0.153. The first-order valence-electron chi connectivity index (χ1n) is 6.22. The second kappa shape index (κ2) is 7.13. The number of benzene rings is 1. The van der Waals surface area contributed by atoms with Gasteiger partial charge in [0, 0.05) is 30.8 Å². The SMILES string of the molecule is COCCC(C)(C)CNS(=O)(=O)c1c(F)cc(F)cc1Br. The van der Waals surface area contributed by atoms with Gasteiger partial charge in [-0.15, -0.1) is 0 Å². The molecule has 1 aromatic rings. The van der Waals surface area contributed by atoms with Crippen LogP contribution in [0.5, 0.6) is 0 Å². The third-order valence-corrected chi connectivity index (χ3v) is 5.32. The molecule has 120 valence electrons. The molecule has 0 fully saturated rings. The molecule has 0 heterocycles. The van der Waals surface area contributed by atoms with Gasteiger partial charge in [0.05, 0.1) is 0 Å². The molecule has 1 aromatic carbocycles. The van der Waals surface area contributed by atoms with Crippen molar-refractivity contribution in [3.63, 3.8) is 0 Å². The van der Waals surface area contributed by atoms with Gasteiger partial charge < -0.3 is 4.74 Å². The standard InChI is InChI=1S/C13H18BrF2NO3S/c1-13(2,4-5-20-3)8-17-21(18,19)12-10(14)6-9(15)7-11(12)16/h6-7,17H,4-5,8H2,1-3H3. The number of nitrogens with one attached hydrogen (secondary N) is 1. The Morgan fingerprint density at radius 1 is 1.33 bits per heavy atom. The minimum atomic E-state index is -4.08. The van der Waals surface area contributed by atoms with Crippen LogP contribution in [0.4, 0.5) is 8.78 Å². The molecule has 0 spiro atoms. The van der Waals surface area contributed by atoms with Crippen LogP contribution in [0.3, 0.4) is 0 Å². The van der Waals surface area contributed by atoms with Crippen molar-refractivity contribution in [1.82, 2.24) is 4.72 Å². The molecule has 4 nitrogen and oxygen atoms in total.